The van der Waals surface area contributed by atoms with Gasteiger partial charge in [-0.05, 0) is 42.6 Å². The number of thioether (sulfide) groups is 1. The maximum Gasteiger partial charge on any atom is 0.257 e. The fourth-order valence-electron chi connectivity index (χ4n) is 4.57. The van der Waals surface area contributed by atoms with E-state index in [1.54, 1.807) is 41.5 Å². The zero-order chi connectivity index (χ0) is 27.4. The first-order valence-electron chi connectivity index (χ1n) is 12.5. The molecule has 9 nitrogen and oxygen atoms in total. The normalized spacial score (nSPS) is 15.3. The minimum absolute atomic E-state index is 0.00117. The predicted octanol–water partition coefficient (Wildman–Crippen LogP) is 4.48. The van der Waals surface area contributed by atoms with Crippen molar-refractivity contribution < 1.29 is 19.1 Å². The standard InChI is InChI=1S/C28H29N5O4S2/c1-19-17-31(13-14-32(19)27(35)22-12-11-21(36-2)16-23(22)37-3)25(34)18-39-28-30-29-26(24-10-7-15-38-24)33(28)20-8-5-4-6-9-20/h4-12,15-16,19H,13-14,17-18H2,1-3H3. The summed E-state index contributed by atoms with van der Waals surface area (Å²) in [5.41, 5.74) is 1.41. The molecule has 3 heterocycles. The summed E-state index contributed by atoms with van der Waals surface area (Å²) in [5, 5.41) is 11.5. The average molecular weight is 564 g/mol. The molecule has 11 heteroatoms. The first-order chi connectivity index (χ1) is 19.0. The Bertz CT molecular complexity index is 1440. The first kappa shape index (κ1) is 26.8. The van der Waals surface area contributed by atoms with E-state index < -0.39 is 0 Å². The average Bonchev–Trinajstić information content (AvgIpc) is 3.66. The highest BCUT2D eigenvalue weighted by molar-refractivity contribution is 7.99. The number of hydrogen-bond donors (Lipinski definition) is 0. The molecule has 39 heavy (non-hydrogen) atoms. The van der Waals surface area contributed by atoms with Gasteiger partial charge >= 0.3 is 0 Å². The molecule has 1 aliphatic rings. The van der Waals surface area contributed by atoms with E-state index in [9.17, 15) is 9.59 Å². The highest BCUT2D eigenvalue weighted by Gasteiger charge is 2.32. The van der Waals surface area contributed by atoms with Crippen molar-refractivity contribution in [1.29, 1.82) is 0 Å². The van der Waals surface area contributed by atoms with Gasteiger partial charge in [0.05, 0.1) is 30.4 Å². The lowest BCUT2D eigenvalue weighted by molar-refractivity contribution is -0.130. The molecule has 0 saturated carbocycles. The zero-order valence-corrected chi connectivity index (χ0v) is 23.6. The van der Waals surface area contributed by atoms with E-state index in [1.807, 2.05) is 64.2 Å². The zero-order valence-electron chi connectivity index (χ0n) is 21.9. The third-order valence-corrected chi connectivity index (χ3v) is 8.37. The van der Waals surface area contributed by atoms with Gasteiger partial charge < -0.3 is 19.3 Å². The smallest absolute Gasteiger partial charge is 0.257 e. The largest absolute Gasteiger partial charge is 0.497 e. The number of nitrogens with zero attached hydrogens (tertiary/aromatic N) is 5. The number of aromatic nitrogens is 3. The molecule has 1 unspecified atom stereocenters. The summed E-state index contributed by atoms with van der Waals surface area (Å²) in [4.78, 5) is 31.2. The van der Waals surface area contributed by atoms with E-state index in [4.69, 9.17) is 9.47 Å². The molecule has 1 saturated heterocycles. The number of methoxy groups -OCH3 is 2. The molecular weight excluding hydrogens is 534 g/mol. The number of carbonyl (C=O) groups excluding carboxylic acids is 2. The van der Waals surface area contributed by atoms with Gasteiger partial charge in [-0.3, -0.25) is 14.2 Å². The van der Waals surface area contributed by atoms with Gasteiger partial charge in [-0.2, -0.15) is 0 Å². The molecule has 0 bridgehead atoms. The van der Waals surface area contributed by atoms with Gasteiger partial charge in [0.15, 0.2) is 11.0 Å². The highest BCUT2D eigenvalue weighted by atomic mass is 32.2. The van der Waals surface area contributed by atoms with Crippen molar-refractivity contribution in [3.05, 3.63) is 71.6 Å². The van der Waals surface area contributed by atoms with Gasteiger partial charge in [0, 0.05) is 37.4 Å². The molecule has 2 aromatic heterocycles. The van der Waals surface area contributed by atoms with Crippen LogP contribution in [0.3, 0.4) is 0 Å². The molecule has 1 fully saturated rings. The Labute approximate surface area is 235 Å². The fraction of sp³-hybridized carbons (Fsp3) is 0.286. The van der Waals surface area contributed by atoms with Gasteiger partial charge in [0.1, 0.15) is 11.5 Å². The number of benzene rings is 2. The van der Waals surface area contributed by atoms with Crippen LogP contribution in [0.2, 0.25) is 0 Å². The molecule has 0 aliphatic carbocycles. The van der Waals surface area contributed by atoms with Crippen LogP contribution in [0.25, 0.3) is 16.4 Å². The van der Waals surface area contributed by atoms with E-state index in [1.165, 1.54) is 18.9 Å². The van der Waals surface area contributed by atoms with Gasteiger partial charge in [-0.1, -0.05) is 36.0 Å². The molecule has 1 atom stereocenters. The van der Waals surface area contributed by atoms with Crippen molar-refractivity contribution in [2.24, 2.45) is 0 Å². The minimum Gasteiger partial charge on any atom is -0.497 e. The lowest BCUT2D eigenvalue weighted by Crippen LogP contribution is -2.55. The van der Waals surface area contributed by atoms with Crippen molar-refractivity contribution in [2.75, 3.05) is 39.6 Å². The Morgan fingerprint density at radius 3 is 2.54 bits per heavy atom. The molecule has 1 aliphatic heterocycles. The van der Waals surface area contributed by atoms with Crippen LogP contribution in [0.5, 0.6) is 11.5 Å². The Morgan fingerprint density at radius 1 is 1.03 bits per heavy atom. The number of thiophene rings is 1. The van der Waals surface area contributed by atoms with Gasteiger partial charge in [0.2, 0.25) is 5.91 Å². The third-order valence-electron chi connectivity index (χ3n) is 6.59. The lowest BCUT2D eigenvalue weighted by Gasteiger charge is -2.40. The Kier molecular flexibility index (Phi) is 8.18. The van der Waals surface area contributed by atoms with Crippen LogP contribution in [-0.4, -0.2) is 82.0 Å². The monoisotopic (exact) mass is 563 g/mol. The summed E-state index contributed by atoms with van der Waals surface area (Å²) in [6.07, 6.45) is 0. The summed E-state index contributed by atoms with van der Waals surface area (Å²) in [6, 6.07) is 18.9. The molecule has 2 amide bonds. The fourth-order valence-corrected chi connectivity index (χ4v) is 6.13. The van der Waals surface area contributed by atoms with Crippen LogP contribution in [0, 0.1) is 0 Å². The van der Waals surface area contributed by atoms with Crippen LogP contribution in [0.15, 0.2) is 71.2 Å². The molecule has 5 rings (SSSR count). The van der Waals surface area contributed by atoms with Crippen molar-refractivity contribution in [1.82, 2.24) is 24.6 Å². The van der Waals surface area contributed by atoms with Crippen LogP contribution in [-0.2, 0) is 4.79 Å². The number of piperazine rings is 1. The second-order valence-corrected chi connectivity index (χ2v) is 10.9. The third kappa shape index (κ3) is 5.64. The van der Waals surface area contributed by atoms with E-state index in [2.05, 4.69) is 10.2 Å². The number of amides is 2. The first-order valence-corrected chi connectivity index (χ1v) is 14.3. The summed E-state index contributed by atoms with van der Waals surface area (Å²) >= 11 is 2.97. The summed E-state index contributed by atoms with van der Waals surface area (Å²) < 4.78 is 12.7. The number of carbonyl (C=O) groups is 2. The Hall–Kier alpha value is -3.83. The van der Waals surface area contributed by atoms with Crippen molar-refractivity contribution in [3.63, 3.8) is 0 Å². The number of rotatable bonds is 8. The molecule has 0 spiro atoms. The topological polar surface area (TPSA) is 89.8 Å². The molecule has 2 aromatic carbocycles. The Balaban J connectivity index is 1.25. The minimum atomic E-state index is -0.148. The van der Waals surface area contributed by atoms with E-state index in [-0.39, 0.29) is 23.6 Å². The maximum absolute atomic E-state index is 13.3. The van der Waals surface area contributed by atoms with Gasteiger partial charge in [-0.25, -0.2) is 0 Å². The lowest BCUT2D eigenvalue weighted by atomic mass is 10.1. The molecule has 0 radical (unpaired) electrons. The molecule has 4 aromatic rings. The molecule has 0 N–H and O–H groups in total. The van der Waals surface area contributed by atoms with Gasteiger partial charge in [0.25, 0.3) is 5.91 Å². The summed E-state index contributed by atoms with van der Waals surface area (Å²) in [6.45, 7) is 3.31. The van der Waals surface area contributed by atoms with Crippen molar-refractivity contribution >= 4 is 34.9 Å². The molecule has 202 valence electrons. The number of hydrogen-bond acceptors (Lipinski definition) is 8. The molecular formula is C28H29N5O4S2. The second kappa shape index (κ2) is 11.9. The van der Waals surface area contributed by atoms with Gasteiger partial charge in [-0.15, -0.1) is 21.5 Å². The van der Waals surface area contributed by atoms with Crippen LogP contribution in [0.4, 0.5) is 0 Å². The van der Waals surface area contributed by atoms with E-state index >= 15 is 0 Å². The van der Waals surface area contributed by atoms with E-state index in [0.29, 0.717) is 41.9 Å². The highest BCUT2D eigenvalue weighted by Crippen LogP contribution is 2.31. The summed E-state index contributed by atoms with van der Waals surface area (Å²) in [7, 11) is 3.10. The van der Waals surface area contributed by atoms with Crippen molar-refractivity contribution in [2.45, 2.75) is 18.1 Å². The predicted molar refractivity (Wildman–Crippen MR) is 152 cm³/mol. The second-order valence-electron chi connectivity index (χ2n) is 9.00. The van der Waals surface area contributed by atoms with Crippen LogP contribution >= 0.6 is 23.1 Å². The SMILES string of the molecule is COc1ccc(C(=O)N2CCN(C(=O)CSc3nnc(-c4cccs4)n3-c3ccccc3)CC2C)c(OC)c1. The quantitative estimate of drug-likeness (QED) is 0.292. The number of para-hydroxylation sites is 1. The number of ether oxygens (including phenoxy) is 2. The maximum atomic E-state index is 13.3. The van der Waals surface area contributed by atoms with Crippen LogP contribution in [0.1, 0.15) is 17.3 Å². The van der Waals surface area contributed by atoms with Crippen molar-refractivity contribution in [3.8, 4) is 27.9 Å². The Morgan fingerprint density at radius 2 is 1.85 bits per heavy atom. The summed E-state index contributed by atoms with van der Waals surface area (Å²) in [5.74, 6) is 1.94. The van der Waals surface area contributed by atoms with Crippen LogP contribution < -0.4 is 9.47 Å². The van der Waals surface area contributed by atoms with E-state index in [0.717, 1.165) is 16.4 Å².